The maximum Gasteiger partial charge on any atom is 0.252 e. The van der Waals surface area contributed by atoms with Gasteiger partial charge in [-0.15, -0.1) is 0 Å². The Morgan fingerprint density at radius 1 is 0.333 bits per heavy atom. The highest BCUT2D eigenvalue weighted by molar-refractivity contribution is 7.00. The Hall–Kier alpha value is -7.36. The van der Waals surface area contributed by atoms with Crippen LogP contribution in [0.15, 0.2) is 182 Å². The van der Waals surface area contributed by atoms with Gasteiger partial charge >= 0.3 is 0 Å². The van der Waals surface area contributed by atoms with E-state index in [1.807, 2.05) is 0 Å². The summed E-state index contributed by atoms with van der Waals surface area (Å²) < 4.78 is 0. The van der Waals surface area contributed by atoms with Crippen LogP contribution in [0.4, 0.5) is 34.1 Å². The number of anilines is 6. The van der Waals surface area contributed by atoms with Crippen molar-refractivity contribution in [3.8, 4) is 44.5 Å². The van der Waals surface area contributed by atoms with E-state index in [0.717, 1.165) is 5.69 Å². The Morgan fingerprint density at radius 3 is 1.29 bits per heavy atom. The van der Waals surface area contributed by atoms with Gasteiger partial charge in [-0.1, -0.05) is 223 Å². The summed E-state index contributed by atoms with van der Waals surface area (Å²) in [5, 5.41) is 0. The molecule has 0 N–H and O–H groups in total. The van der Waals surface area contributed by atoms with E-state index in [9.17, 15) is 0 Å². The minimum atomic E-state index is -0.133. The molecule has 2 nitrogen and oxygen atoms in total. The van der Waals surface area contributed by atoms with E-state index >= 15 is 0 Å². The molecule has 2 aliphatic heterocycles. The fourth-order valence-electron chi connectivity index (χ4n) is 13.5. The predicted molar refractivity (Wildman–Crippen MR) is 323 cm³/mol. The first-order valence-corrected chi connectivity index (χ1v) is 27.4. The summed E-state index contributed by atoms with van der Waals surface area (Å²) in [5.74, 6) is 0. The molecule has 3 heteroatoms. The molecule has 0 bridgehead atoms. The number of nitrogens with zero attached hydrogens (tertiary/aromatic N) is 2. The van der Waals surface area contributed by atoms with E-state index < -0.39 is 0 Å². The third kappa shape index (κ3) is 7.06. The zero-order chi connectivity index (χ0) is 52.3. The summed E-state index contributed by atoms with van der Waals surface area (Å²) in [5.41, 5.74) is 31.0. The minimum absolute atomic E-state index is 0.0283. The summed E-state index contributed by atoms with van der Waals surface area (Å²) in [6.07, 6.45) is 0. The van der Waals surface area contributed by atoms with Gasteiger partial charge in [-0.3, -0.25) is 0 Å². The first-order chi connectivity index (χ1) is 35.6. The highest BCUT2D eigenvalue weighted by Gasteiger charge is 2.46. The van der Waals surface area contributed by atoms with Gasteiger partial charge in [0.1, 0.15) is 0 Å². The molecule has 0 saturated heterocycles. The quantitative estimate of drug-likeness (QED) is 0.162. The van der Waals surface area contributed by atoms with Gasteiger partial charge in [-0.05, 0) is 165 Å². The van der Waals surface area contributed by atoms with E-state index in [0.29, 0.717) is 0 Å². The SMILES string of the molecule is CC(C)(C)c1ccc(N2c3cc(C(C)(C)C)ccc3B3c4cc(-c5cccc6c5-c5ccccc5C6(C)C)ccc4N(c4ccc(-c5cccc6c5-c5ccccc5C6(C)C)cc4)c4cc(C(C)(C)C)cc2c43)cc1. The second-order valence-electron chi connectivity index (χ2n) is 26.2. The second kappa shape index (κ2) is 16.1. The number of benzene rings is 9. The van der Waals surface area contributed by atoms with Crippen molar-refractivity contribution in [1.29, 1.82) is 0 Å². The molecule has 4 aliphatic rings. The van der Waals surface area contributed by atoms with Crippen LogP contribution in [0.5, 0.6) is 0 Å². The van der Waals surface area contributed by atoms with Gasteiger partial charge in [0.2, 0.25) is 0 Å². The van der Waals surface area contributed by atoms with Crippen LogP contribution in [0, 0.1) is 0 Å². The molecular weight excluding hydrogens is 904 g/mol. The molecule has 0 amide bonds. The second-order valence-corrected chi connectivity index (χ2v) is 26.2. The van der Waals surface area contributed by atoms with Crippen molar-refractivity contribution in [3.05, 3.63) is 221 Å². The minimum Gasteiger partial charge on any atom is -0.311 e. The lowest BCUT2D eigenvalue weighted by molar-refractivity contribution is 0.589. The average molecular weight is 973 g/mol. The van der Waals surface area contributed by atoms with Crippen molar-refractivity contribution in [2.75, 3.05) is 9.80 Å². The van der Waals surface area contributed by atoms with Crippen molar-refractivity contribution in [2.45, 2.75) is 117 Å². The van der Waals surface area contributed by atoms with Crippen LogP contribution >= 0.6 is 0 Å². The first-order valence-electron chi connectivity index (χ1n) is 27.4. The molecule has 0 spiro atoms. The summed E-state index contributed by atoms with van der Waals surface area (Å²) >= 11 is 0. The third-order valence-electron chi connectivity index (χ3n) is 17.8. The number of hydrogen-bond donors (Lipinski definition) is 0. The summed E-state index contributed by atoms with van der Waals surface area (Å²) in [7, 11) is 0. The van der Waals surface area contributed by atoms with E-state index in [1.54, 1.807) is 0 Å². The maximum absolute atomic E-state index is 2.61. The molecule has 2 aliphatic carbocycles. The van der Waals surface area contributed by atoms with Gasteiger partial charge in [-0.2, -0.15) is 0 Å². The monoisotopic (exact) mass is 973 g/mol. The van der Waals surface area contributed by atoms with Crippen molar-refractivity contribution in [3.63, 3.8) is 0 Å². The summed E-state index contributed by atoms with van der Waals surface area (Å²) in [6, 6.07) is 70.8. The molecule has 75 heavy (non-hydrogen) atoms. The predicted octanol–water partition coefficient (Wildman–Crippen LogP) is 17.6. The van der Waals surface area contributed by atoms with E-state index in [1.165, 1.54) is 128 Å². The highest BCUT2D eigenvalue weighted by Crippen LogP contribution is 2.55. The Balaban J connectivity index is 1.08. The Labute approximate surface area is 447 Å². The molecular formula is C72H69BN2. The van der Waals surface area contributed by atoms with Crippen LogP contribution in [0.25, 0.3) is 44.5 Å². The third-order valence-corrected chi connectivity index (χ3v) is 17.8. The van der Waals surface area contributed by atoms with E-state index in [-0.39, 0.29) is 33.8 Å². The van der Waals surface area contributed by atoms with Crippen molar-refractivity contribution in [2.24, 2.45) is 0 Å². The van der Waals surface area contributed by atoms with Gasteiger partial charge in [0, 0.05) is 45.0 Å². The van der Waals surface area contributed by atoms with Crippen LogP contribution in [-0.4, -0.2) is 6.71 Å². The van der Waals surface area contributed by atoms with Crippen LogP contribution in [0.1, 0.15) is 129 Å². The molecule has 2 heterocycles. The lowest BCUT2D eigenvalue weighted by Crippen LogP contribution is -2.61. The summed E-state index contributed by atoms with van der Waals surface area (Å²) in [6.45, 7) is 30.6. The molecule has 0 atom stereocenters. The van der Waals surface area contributed by atoms with Crippen molar-refractivity contribution < 1.29 is 0 Å². The molecule has 13 rings (SSSR count). The van der Waals surface area contributed by atoms with E-state index in [2.05, 4.69) is 282 Å². The molecule has 9 aromatic rings. The molecule has 0 radical (unpaired) electrons. The number of fused-ring (bicyclic) bond motifs is 10. The largest absolute Gasteiger partial charge is 0.311 e. The van der Waals surface area contributed by atoms with Crippen LogP contribution < -0.4 is 26.2 Å². The van der Waals surface area contributed by atoms with Crippen LogP contribution in [-0.2, 0) is 27.1 Å². The molecule has 0 fully saturated rings. The van der Waals surface area contributed by atoms with Gasteiger partial charge in [-0.25, -0.2) is 0 Å². The van der Waals surface area contributed by atoms with Crippen molar-refractivity contribution >= 4 is 57.2 Å². The molecule has 370 valence electrons. The topological polar surface area (TPSA) is 6.48 Å². The van der Waals surface area contributed by atoms with E-state index in [4.69, 9.17) is 0 Å². The number of rotatable bonds is 4. The smallest absolute Gasteiger partial charge is 0.252 e. The van der Waals surface area contributed by atoms with Gasteiger partial charge < -0.3 is 9.80 Å². The molecule has 0 unspecified atom stereocenters. The molecule has 0 saturated carbocycles. The number of hydrogen-bond acceptors (Lipinski definition) is 2. The molecule has 0 aromatic heterocycles. The lowest BCUT2D eigenvalue weighted by atomic mass is 9.33. The average Bonchev–Trinajstić information content (AvgIpc) is 3.78. The standard InChI is InChI=1S/C72H69BN2/c1-68(2,3)46-31-36-50(37-32-46)75-62-41-47(69(4,5)6)33-38-59(62)73-60-40-45(52-23-19-27-58-66(52)54-21-15-17-25-56(54)72(58,12)13)30-39-61(60)74(63-42-48(70(7,8)9)43-64(75)67(63)73)49-34-28-44(29-35-49)51-22-18-26-57-65(51)53-20-14-16-24-55(53)71(57,10)11/h14-43H,1-13H3. The zero-order valence-corrected chi connectivity index (χ0v) is 46.3. The Morgan fingerprint density at radius 2 is 0.760 bits per heavy atom. The zero-order valence-electron chi connectivity index (χ0n) is 46.3. The van der Waals surface area contributed by atoms with Gasteiger partial charge in [0.15, 0.2) is 0 Å². The Bertz CT molecular complexity index is 3830. The fourth-order valence-corrected chi connectivity index (χ4v) is 13.5. The first kappa shape index (κ1) is 47.4. The maximum atomic E-state index is 2.61. The van der Waals surface area contributed by atoms with Gasteiger partial charge in [0.05, 0.1) is 0 Å². The van der Waals surface area contributed by atoms with Gasteiger partial charge in [0.25, 0.3) is 6.71 Å². The molecule has 9 aromatic carbocycles. The van der Waals surface area contributed by atoms with Crippen molar-refractivity contribution in [1.82, 2.24) is 0 Å². The fraction of sp³-hybridized carbons (Fsp3) is 0.250. The highest BCUT2D eigenvalue weighted by atomic mass is 15.2. The van der Waals surface area contributed by atoms with Crippen LogP contribution in [0.3, 0.4) is 0 Å². The summed E-state index contributed by atoms with van der Waals surface area (Å²) in [4.78, 5) is 5.21. The Kier molecular flexibility index (Phi) is 10.2. The lowest BCUT2D eigenvalue weighted by Gasteiger charge is -2.45. The van der Waals surface area contributed by atoms with Crippen LogP contribution in [0.2, 0.25) is 0 Å². The normalized spacial score (nSPS) is 15.4.